The summed E-state index contributed by atoms with van der Waals surface area (Å²) >= 11 is 1.77. The highest BCUT2D eigenvalue weighted by molar-refractivity contribution is 7.09. The van der Waals surface area contributed by atoms with Crippen molar-refractivity contribution in [1.82, 2.24) is 9.97 Å². The van der Waals surface area contributed by atoms with Crippen LogP contribution in [0.4, 0.5) is 11.6 Å². The van der Waals surface area contributed by atoms with Gasteiger partial charge in [0.05, 0.1) is 6.54 Å². The van der Waals surface area contributed by atoms with Gasteiger partial charge in [0, 0.05) is 24.5 Å². The molecule has 0 aliphatic heterocycles. The standard InChI is InChI=1S/C14H20N4S/c1-4-7-15-13-9-14(17-11(2)16-13)18(3)10-12-6-5-8-19-12/h5-6,8-9H,4,7,10H2,1-3H3,(H,15,16,17). The third-order valence-corrected chi connectivity index (χ3v) is 3.61. The molecule has 1 N–H and O–H groups in total. The molecule has 0 bridgehead atoms. The summed E-state index contributed by atoms with van der Waals surface area (Å²) in [5, 5.41) is 5.41. The number of aromatic nitrogens is 2. The zero-order chi connectivity index (χ0) is 13.7. The molecule has 0 amide bonds. The van der Waals surface area contributed by atoms with E-state index in [-0.39, 0.29) is 0 Å². The van der Waals surface area contributed by atoms with Crippen LogP contribution < -0.4 is 10.2 Å². The van der Waals surface area contributed by atoms with Gasteiger partial charge in [-0.25, -0.2) is 9.97 Å². The van der Waals surface area contributed by atoms with Gasteiger partial charge in [0.1, 0.15) is 17.5 Å². The van der Waals surface area contributed by atoms with Gasteiger partial charge in [0.15, 0.2) is 0 Å². The summed E-state index contributed by atoms with van der Waals surface area (Å²) in [5.41, 5.74) is 0. The minimum Gasteiger partial charge on any atom is -0.370 e. The molecule has 0 aliphatic rings. The Morgan fingerprint density at radius 2 is 2.21 bits per heavy atom. The lowest BCUT2D eigenvalue weighted by atomic mass is 10.4. The van der Waals surface area contributed by atoms with E-state index in [0.717, 1.165) is 37.0 Å². The van der Waals surface area contributed by atoms with Crippen molar-refractivity contribution in [3.05, 3.63) is 34.3 Å². The van der Waals surface area contributed by atoms with E-state index in [0.29, 0.717) is 0 Å². The van der Waals surface area contributed by atoms with Gasteiger partial charge in [-0.05, 0) is 24.8 Å². The van der Waals surface area contributed by atoms with Gasteiger partial charge in [-0.1, -0.05) is 13.0 Å². The van der Waals surface area contributed by atoms with Gasteiger partial charge in [-0.2, -0.15) is 0 Å². The molecule has 0 aliphatic carbocycles. The number of hydrogen-bond donors (Lipinski definition) is 1. The first kappa shape index (κ1) is 13.8. The van der Waals surface area contributed by atoms with Crippen molar-refractivity contribution < 1.29 is 0 Å². The van der Waals surface area contributed by atoms with Gasteiger partial charge >= 0.3 is 0 Å². The number of thiophene rings is 1. The molecule has 4 nitrogen and oxygen atoms in total. The van der Waals surface area contributed by atoms with E-state index >= 15 is 0 Å². The summed E-state index contributed by atoms with van der Waals surface area (Å²) < 4.78 is 0. The van der Waals surface area contributed by atoms with Crippen molar-refractivity contribution in [2.24, 2.45) is 0 Å². The molecule has 2 heterocycles. The summed E-state index contributed by atoms with van der Waals surface area (Å²) in [4.78, 5) is 12.4. The number of rotatable bonds is 6. The Kier molecular flexibility index (Phi) is 4.74. The predicted molar refractivity (Wildman–Crippen MR) is 82.0 cm³/mol. The van der Waals surface area contributed by atoms with Crippen LogP contribution in [0.25, 0.3) is 0 Å². The van der Waals surface area contributed by atoms with Gasteiger partial charge in [-0.15, -0.1) is 11.3 Å². The van der Waals surface area contributed by atoms with Gasteiger partial charge < -0.3 is 10.2 Å². The molecular formula is C14H20N4S. The minimum absolute atomic E-state index is 0.800. The molecule has 0 saturated carbocycles. The van der Waals surface area contributed by atoms with Crippen molar-refractivity contribution in [3.63, 3.8) is 0 Å². The van der Waals surface area contributed by atoms with Crippen LogP contribution in [0.15, 0.2) is 23.6 Å². The van der Waals surface area contributed by atoms with Crippen LogP contribution in [0.5, 0.6) is 0 Å². The van der Waals surface area contributed by atoms with Crippen molar-refractivity contribution >= 4 is 23.0 Å². The van der Waals surface area contributed by atoms with Crippen LogP contribution in [-0.2, 0) is 6.54 Å². The number of anilines is 2. The highest BCUT2D eigenvalue weighted by atomic mass is 32.1. The van der Waals surface area contributed by atoms with E-state index in [4.69, 9.17) is 0 Å². The Morgan fingerprint density at radius 3 is 2.89 bits per heavy atom. The normalized spacial score (nSPS) is 10.5. The zero-order valence-corrected chi connectivity index (χ0v) is 12.5. The van der Waals surface area contributed by atoms with Crippen LogP contribution in [0.2, 0.25) is 0 Å². The molecule has 0 atom stereocenters. The fourth-order valence-corrected chi connectivity index (χ4v) is 2.57. The molecule has 0 fully saturated rings. The molecule has 2 aromatic rings. The largest absolute Gasteiger partial charge is 0.370 e. The second-order valence-electron chi connectivity index (χ2n) is 4.52. The van der Waals surface area contributed by atoms with E-state index in [1.165, 1.54) is 4.88 Å². The minimum atomic E-state index is 0.800. The van der Waals surface area contributed by atoms with E-state index in [9.17, 15) is 0 Å². The zero-order valence-electron chi connectivity index (χ0n) is 11.7. The second kappa shape index (κ2) is 6.52. The quantitative estimate of drug-likeness (QED) is 0.879. The van der Waals surface area contributed by atoms with Crippen molar-refractivity contribution in [2.45, 2.75) is 26.8 Å². The Hall–Kier alpha value is -1.62. The molecule has 2 rings (SSSR count). The maximum atomic E-state index is 4.50. The van der Waals surface area contributed by atoms with Crippen molar-refractivity contribution in [2.75, 3.05) is 23.8 Å². The number of nitrogens with one attached hydrogen (secondary N) is 1. The fraction of sp³-hybridized carbons (Fsp3) is 0.429. The Morgan fingerprint density at radius 1 is 1.37 bits per heavy atom. The summed E-state index contributed by atoms with van der Waals surface area (Å²) in [5.74, 6) is 2.66. The Balaban J connectivity index is 2.11. The average Bonchev–Trinajstić information content (AvgIpc) is 2.88. The predicted octanol–water partition coefficient (Wildman–Crippen LogP) is 3.30. The molecule has 0 unspecified atom stereocenters. The SMILES string of the molecule is CCCNc1cc(N(C)Cc2cccs2)nc(C)n1. The van der Waals surface area contributed by atoms with Crippen LogP contribution in [0, 0.1) is 6.92 Å². The first-order valence-corrected chi connectivity index (χ1v) is 7.40. The summed E-state index contributed by atoms with van der Waals surface area (Å²) in [7, 11) is 2.06. The van der Waals surface area contributed by atoms with E-state index in [2.05, 4.69) is 51.7 Å². The highest BCUT2D eigenvalue weighted by Crippen LogP contribution is 2.18. The maximum absolute atomic E-state index is 4.50. The lowest BCUT2D eigenvalue weighted by Gasteiger charge is -2.18. The van der Waals surface area contributed by atoms with E-state index < -0.39 is 0 Å². The molecule has 0 aromatic carbocycles. The van der Waals surface area contributed by atoms with Gasteiger partial charge in [0.2, 0.25) is 0 Å². The molecule has 102 valence electrons. The maximum Gasteiger partial charge on any atom is 0.134 e. The van der Waals surface area contributed by atoms with Crippen LogP contribution in [0.1, 0.15) is 24.0 Å². The molecule has 5 heteroatoms. The fourth-order valence-electron chi connectivity index (χ4n) is 1.81. The highest BCUT2D eigenvalue weighted by Gasteiger charge is 2.07. The summed E-state index contributed by atoms with van der Waals surface area (Å²) in [6.45, 7) is 5.89. The van der Waals surface area contributed by atoms with Crippen molar-refractivity contribution in [1.29, 1.82) is 0 Å². The van der Waals surface area contributed by atoms with E-state index in [1.54, 1.807) is 11.3 Å². The summed E-state index contributed by atoms with van der Waals surface area (Å²) in [6, 6.07) is 6.23. The van der Waals surface area contributed by atoms with Gasteiger partial charge in [-0.3, -0.25) is 0 Å². The van der Waals surface area contributed by atoms with Crippen LogP contribution >= 0.6 is 11.3 Å². The average molecular weight is 276 g/mol. The Bertz CT molecular complexity index is 510. The lowest BCUT2D eigenvalue weighted by molar-refractivity contribution is 0.886. The topological polar surface area (TPSA) is 41.0 Å². The first-order valence-electron chi connectivity index (χ1n) is 6.52. The molecule has 19 heavy (non-hydrogen) atoms. The first-order chi connectivity index (χ1) is 9.19. The molecule has 0 radical (unpaired) electrons. The third-order valence-electron chi connectivity index (χ3n) is 2.74. The molecule has 0 spiro atoms. The Labute approximate surface area is 118 Å². The number of hydrogen-bond acceptors (Lipinski definition) is 5. The monoisotopic (exact) mass is 276 g/mol. The number of aryl methyl sites for hydroxylation is 1. The smallest absolute Gasteiger partial charge is 0.134 e. The second-order valence-corrected chi connectivity index (χ2v) is 5.55. The lowest BCUT2D eigenvalue weighted by Crippen LogP contribution is -2.18. The van der Waals surface area contributed by atoms with Crippen LogP contribution in [-0.4, -0.2) is 23.6 Å². The molecular weight excluding hydrogens is 256 g/mol. The summed E-state index contributed by atoms with van der Waals surface area (Å²) in [6.07, 6.45) is 1.09. The van der Waals surface area contributed by atoms with E-state index in [1.807, 2.05) is 13.0 Å². The third kappa shape index (κ3) is 3.92. The van der Waals surface area contributed by atoms with Crippen molar-refractivity contribution in [3.8, 4) is 0 Å². The van der Waals surface area contributed by atoms with Crippen LogP contribution in [0.3, 0.4) is 0 Å². The van der Waals surface area contributed by atoms with Gasteiger partial charge in [0.25, 0.3) is 0 Å². The molecule has 2 aromatic heterocycles. The molecule has 0 saturated heterocycles. The number of nitrogens with zero attached hydrogens (tertiary/aromatic N) is 3.